The Balaban J connectivity index is 1.75. The summed E-state index contributed by atoms with van der Waals surface area (Å²) < 4.78 is 19.0. The van der Waals surface area contributed by atoms with Crippen LogP contribution in [0.25, 0.3) is 0 Å². The van der Waals surface area contributed by atoms with Crippen molar-refractivity contribution in [1.82, 2.24) is 15.5 Å². The highest BCUT2D eigenvalue weighted by Gasteiger charge is 2.21. The first-order valence-electron chi connectivity index (χ1n) is 7.17. The lowest BCUT2D eigenvalue weighted by molar-refractivity contribution is -0.124. The van der Waals surface area contributed by atoms with E-state index in [0.717, 1.165) is 19.6 Å². The fourth-order valence-corrected chi connectivity index (χ4v) is 2.37. The second-order valence-electron chi connectivity index (χ2n) is 5.15. The van der Waals surface area contributed by atoms with Crippen LogP contribution in [0.3, 0.4) is 0 Å². The largest absolute Gasteiger partial charge is 0.374 e. The van der Waals surface area contributed by atoms with Crippen LogP contribution in [0.2, 0.25) is 0 Å². The molecule has 1 aromatic rings. The van der Waals surface area contributed by atoms with E-state index >= 15 is 0 Å². The van der Waals surface area contributed by atoms with Crippen molar-refractivity contribution in [2.24, 2.45) is 0 Å². The Labute approximate surface area is 124 Å². The van der Waals surface area contributed by atoms with Crippen molar-refractivity contribution in [3.63, 3.8) is 0 Å². The SMILES string of the molecule is CNCC1CN(CC(=O)NCc2ccccc2F)CCO1. The van der Waals surface area contributed by atoms with E-state index in [1.807, 2.05) is 7.05 Å². The summed E-state index contributed by atoms with van der Waals surface area (Å²) in [5.74, 6) is -0.387. The number of ether oxygens (including phenoxy) is 1. The van der Waals surface area contributed by atoms with Gasteiger partial charge < -0.3 is 15.4 Å². The molecule has 0 spiro atoms. The third-order valence-electron chi connectivity index (χ3n) is 3.46. The molecule has 2 N–H and O–H groups in total. The molecular formula is C15H22FN3O2. The van der Waals surface area contributed by atoms with Gasteiger partial charge in [0.15, 0.2) is 0 Å². The maximum atomic E-state index is 13.4. The van der Waals surface area contributed by atoms with Crippen molar-refractivity contribution in [2.75, 3.05) is 39.8 Å². The Morgan fingerprint density at radius 1 is 1.48 bits per heavy atom. The van der Waals surface area contributed by atoms with Crippen molar-refractivity contribution in [2.45, 2.75) is 12.6 Å². The molecule has 1 amide bonds. The van der Waals surface area contributed by atoms with Crippen LogP contribution in [0.5, 0.6) is 0 Å². The third kappa shape index (κ3) is 5.08. The summed E-state index contributed by atoms with van der Waals surface area (Å²) >= 11 is 0. The zero-order valence-electron chi connectivity index (χ0n) is 12.3. The summed E-state index contributed by atoms with van der Waals surface area (Å²) in [5, 5.41) is 5.83. The van der Waals surface area contributed by atoms with Gasteiger partial charge in [0.05, 0.1) is 19.3 Å². The van der Waals surface area contributed by atoms with Gasteiger partial charge in [-0.05, 0) is 13.1 Å². The smallest absolute Gasteiger partial charge is 0.234 e. The molecule has 1 aliphatic heterocycles. The first kappa shape index (κ1) is 15.9. The average Bonchev–Trinajstić information content (AvgIpc) is 2.47. The second kappa shape index (κ2) is 8.07. The van der Waals surface area contributed by atoms with E-state index < -0.39 is 0 Å². The Morgan fingerprint density at radius 3 is 3.05 bits per heavy atom. The van der Waals surface area contributed by atoms with Crippen molar-refractivity contribution >= 4 is 5.91 Å². The first-order chi connectivity index (χ1) is 10.2. The first-order valence-corrected chi connectivity index (χ1v) is 7.17. The number of benzene rings is 1. The summed E-state index contributed by atoms with van der Waals surface area (Å²) in [7, 11) is 1.88. The number of morpholine rings is 1. The molecular weight excluding hydrogens is 273 g/mol. The molecule has 1 unspecified atom stereocenters. The summed E-state index contributed by atoms with van der Waals surface area (Å²) in [6, 6.07) is 6.46. The van der Waals surface area contributed by atoms with Gasteiger partial charge >= 0.3 is 0 Å². The number of hydrogen-bond donors (Lipinski definition) is 2. The highest BCUT2D eigenvalue weighted by Crippen LogP contribution is 2.06. The number of rotatable bonds is 6. The standard InChI is InChI=1S/C15H22FN3O2/c1-17-9-13-10-19(6-7-21-13)11-15(20)18-8-12-4-2-3-5-14(12)16/h2-5,13,17H,6-11H2,1H3,(H,18,20). The molecule has 21 heavy (non-hydrogen) atoms. The van der Waals surface area contributed by atoms with Gasteiger partial charge in [0.1, 0.15) is 5.82 Å². The van der Waals surface area contributed by atoms with Crippen molar-refractivity contribution < 1.29 is 13.9 Å². The summed E-state index contributed by atoms with van der Waals surface area (Å²) in [4.78, 5) is 14.0. The predicted octanol–water partition coefficient (Wildman–Crippen LogP) is 0.362. The number of carbonyl (C=O) groups is 1. The number of hydrogen-bond acceptors (Lipinski definition) is 4. The van der Waals surface area contributed by atoms with Crippen LogP contribution in [-0.4, -0.2) is 56.7 Å². The minimum Gasteiger partial charge on any atom is -0.374 e. The molecule has 1 atom stereocenters. The molecule has 6 heteroatoms. The van der Waals surface area contributed by atoms with Crippen LogP contribution >= 0.6 is 0 Å². The van der Waals surface area contributed by atoms with Crippen LogP contribution < -0.4 is 10.6 Å². The third-order valence-corrected chi connectivity index (χ3v) is 3.46. The molecule has 0 aromatic heterocycles. The number of halogens is 1. The lowest BCUT2D eigenvalue weighted by atomic mass is 10.2. The molecule has 5 nitrogen and oxygen atoms in total. The quantitative estimate of drug-likeness (QED) is 0.796. The minimum absolute atomic E-state index is 0.0941. The molecule has 0 bridgehead atoms. The van der Waals surface area contributed by atoms with E-state index in [4.69, 9.17) is 4.74 Å². The van der Waals surface area contributed by atoms with Gasteiger partial charge in [-0.25, -0.2) is 4.39 Å². The minimum atomic E-state index is -0.293. The van der Waals surface area contributed by atoms with Gasteiger partial charge in [0.2, 0.25) is 5.91 Å². The zero-order valence-corrected chi connectivity index (χ0v) is 12.3. The van der Waals surface area contributed by atoms with Crippen molar-refractivity contribution in [1.29, 1.82) is 0 Å². The number of likely N-dealkylation sites (N-methyl/N-ethyl adjacent to an activating group) is 1. The maximum Gasteiger partial charge on any atom is 0.234 e. The molecule has 0 radical (unpaired) electrons. The van der Waals surface area contributed by atoms with Crippen LogP contribution in [0.15, 0.2) is 24.3 Å². The Bertz CT molecular complexity index is 468. The summed E-state index contributed by atoms with van der Waals surface area (Å²) in [6.07, 6.45) is 0.114. The summed E-state index contributed by atoms with van der Waals surface area (Å²) in [6.45, 7) is 3.41. The Morgan fingerprint density at radius 2 is 2.29 bits per heavy atom. The highest BCUT2D eigenvalue weighted by atomic mass is 19.1. The van der Waals surface area contributed by atoms with Gasteiger partial charge in [-0.2, -0.15) is 0 Å². The van der Waals surface area contributed by atoms with E-state index in [1.54, 1.807) is 18.2 Å². The van der Waals surface area contributed by atoms with Gasteiger partial charge in [-0.1, -0.05) is 18.2 Å². The molecule has 1 aliphatic rings. The molecule has 0 aliphatic carbocycles. The summed E-state index contributed by atoms with van der Waals surface area (Å²) in [5.41, 5.74) is 0.501. The molecule has 1 fully saturated rings. The van der Waals surface area contributed by atoms with Gasteiger partial charge in [0.25, 0.3) is 0 Å². The average molecular weight is 295 g/mol. The zero-order chi connectivity index (χ0) is 15.1. The van der Waals surface area contributed by atoms with E-state index in [0.29, 0.717) is 18.7 Å². The van der Waals surface area contributed by atoms with Gasteiger partial charge in [0, 0.05) is 31.7 Å². The second-order valence-corrected chi connectivity index (χ2v) is 5.15. The molecule has 116 valence electrons. The normalized spacial score (nSPS) is 19.4. The van der Waals surface area contributed by atoms with E-state index in [1.165, 1.54) is 6.07 Å². The molecule has 1 heterocycles. The van der Waals surface area contributed by atoms with Crippen molar-refractivity contribution in [3.05, 3.63) is 35.6 Å². The molecule has 0 saturated carbocycles. The van der Waals surface area contributed by atoms with E-state index in [2.05, 4.69) is 15.5 Å². The van der Waals surface area contributed by atoms with Gasteiger partial charge in [-0.15, -0.1) is 0 Å². The number of carbonyl (C=O) groups excluding carboxylic acids is 1. The Kier molecular flexibility index (Phi) is 6.10. The fourth-order valence-electron chi connectivity index (χ4n) is 2.37. The Hall–Kier alpha value is -1.50. The topological polar surface area (TPSA) is 53.6 Å². The lowest BCUT2D eigenvalue weighted by Crippen LogP contribution is -2.49. The van der Waals surface area contributed by atoms with Crippen LogP contribution in [0, 0.1) is 5.82 Å². The molecule has 1 aromatic carbocycles. The number of amides is 1. The number of nitrogens with zero attached hydrogens (tertiary/aromatic N) is 1. The number of nitrogens with one attached hydrogen (secondary N) is 2. The van der Waals surface area contributed by atoms with E-state index in [-0.39, 0.29) is 24.4 Å². The van der Waals surface area contributed by atoms with Crippen LogP contribution in [0.4, 0.5) is 4.39 Å². The maximum absolute atomic E-state index is 13.4. The molecule has 2 rings (SSSR count). The van der Waals surface area contributed by atoms with Crippen molar-refractivity contribution in [3.8, 4) is 0 Å². The van der Waals surface area contributed by atoms with Crippen LogP contribution in [0.1, 0.15) is 5.56 Å². The van der Waals surface area contributed by atoms with Crippen LogP contribution in [-0.2, 0) is 16.1 Å². The van der Waals surface area contributed by atoms with Gasteiger partial charge in [-0.3, -0.25) is 9.69 Å². The fraction of sp³-hybridized carbons (Fsp3) is 0.533. The monoisotopic (exact) mass is 295 g/mol. The predicted molar refractivity (Wildman–Crippen MR) is 78.4 cm³/mol. The highest BCUT2D eigenvalue weighted by molar-refractivity contribution is 5.78. The molecule has 1 saturated heterocycles. The lowest BCUT2D eigenvalue weighted by Gasteiger charge is -2.32. The van der Waals surface area contributed by atoms with E-state index in [9.17, 15) is 9.18 Å².